The van der Waals surface area contributed by atoms with E-state index in [-0.39, 0.29) is 12.6 Å². The Hall–Kier alpha value is -1.55. The number of aliphatic hydroxyl groups is 1. The number of aliphatic hydroxyl groups excluding tert-OH is 1. The third-order valence-electron chi connectivity index (χ3n) is 2.01. The number of amides is 1. The van der Waals surface area contributed by atoms with E-state index < -0.39 is 0 Å². The highest BCUT2D eigenvalue weighted by Crippen LogP contribution is 2.25. The Morgan fingerprint density at radius 1 is 1.54 bits per heavy atom. The predicted octanol–water partition coefficient (Wildman–Crippen LogP) is 0.543. The number of carbonyl (C=O) groups is 1. The number of benzene rings is 1. The zero-order chi connectivity index (χ0) is 9.26. The summed E-state index contributed by atoms with van der Waals surface area (Å²) in [7, 11) is 0. The molecular weight excluding hydrogens is 168 g/mol. The van der Waals surface area contributed by atoms with E-state index in [1.54, 1.807) is 0 Å². The van der Waals surface area contributed by atoms with Crippen LogP contribution >= 0.6 is 0 Å². The van der Waals surface area contributed by atoms with Crippen LogP contribution < -0.4 is 10.6 Å². The van der Waals surface area contributed by atoms with Crippen molar-refractivity contribution in [3.8, 4) is 0 Å². The lowest BCUT2D eigenvalue weighted by Gasteiger charge is -2.04. The SMILES string of the molecule is O=C1Cc2cc(NCO)ccc2N1. The van der Waals surface area contributed by atoms with Crippen LogP contribution in [0.25, 0.3) is 0 Å². The maximum atomic E-state index is 11.0. The lowest BCUT2D eigenvalue weighted by molar-refractivity contribution is -0.115. The fraction of sp³-hybridized carbons (Fsp3) is 0.222. The summed E-state index contributed by atoms with van der Waals surface area (Å²) in [5, 5.41) is 14.1. The van der Waals surface area contributed by atoms with Gasteiger partial charge < -0.3 is 15.7 Å². The summed E-state index contributed by atoms with van der Waals surface area (Å²) in [6, 6.07) is 5.52. The van der Waals surface area contributed by atoms with Crippen LogP contribution in [-0.2, 0) is 11.2 Å². The van der Waals surface area contributed by atoms with Gasteiger partial charge in [-0.3, -0.25) is 4.79 Å². The lowest BCUT2D eigenvalue weighted by atomic mass is 10.1. The molecule has 0 saturated carbocycles. The van der Waals surface area contributed by atoms with Crippen LogP contribution in [-0.4, -0.2) is 17.7 Å². The van der Waals surface area contributed by atoms with E-state index in [0.717, 1.165) is 16.9 Å². The minimum atomic E-state index is -0.0971. The number of fused-ring (bicyclic) bond motifs is 1. The van der Waals surface area contributed by atoms with Gasteiger partial charge in [0.2, 0.25) is 5.91 Å². The maximum Gasteiger partial charge on any atom is 0.228 e. The molecule has 2 rings (SSSR count). The van der Waals surface area contributed by atoms with Crippen molar-refractivity contribution in [1.29, 1.82) is 0 Å². The first kappa shape index (κ1) is 8.07. The molecule has 4 heteroatoms. The Morgan fingerprint density at radius 2 is 2.38 bits per heavy atom. The summed E-state index contributed by atoms with van der Waals surface area (Å²) < 4.78 is 0. The maximum absolute atomic E-state index is 11.0. The molecule has 3 N–H and O–H groups in total. The first-order valence-electron chi connectivity index (χ1n) is 4.07. The van der Waals surface area contributed by atoms with Crippen molar-refractivity contribution in [2.24, 2.45) is 0 Å². The normalized spacial score (nSPS) is 13.8. The summed E-state index contributed by atoms with van der Waals surface area (Å²) >= 11 is 0. The van der Waals surface area contributed by atoms with E-state index in [4.69, 9.17) is 5.11 Å². The molecule has 13 heavy (non-hydrogen) atoms. The van der Waals surface area contributed by atoms with E-state index in [2.05, 4.69) is 10.6 Å². The van der Waals surface area contributed by atoms with Gasteiger partial charge in [-0.25, -0.2) is 0 Å². The van der Waals surface area contributed by atoms with Gasteiger partial charge in [-0.1, -0.05) is 0 Å². The Balaban J connectivity index is 2.29. The Bertz CT molecular complexity index is 349. The second-order valence-corrected chi connectivity index (χ2v) is 2.93. The van der Waals surface area contributed by atoms with Crippen LogP contribution in [0.3, 0.4) is 0 Å². The largest absolute Gasteiger partial charge is 0.377 e. The minimum Gasteiger partial charge on any atom is -0.377 e. The standard InChI is InChI=1S/C9H10N2O2/c12-5-10-7-1-2-8-6(3-7)4-9(13)11-8/h1-3,10,12H,4-5H2,(H,11,13). The van der Waals surface area contributed by atoms with E-state index in [9.17, 15) is 4.79 Å². The molecule has 4 nitrogen and oxygen atoms in total. The zero-order valence-electron chi connectivity index (χ0n) is 7.00. The zero-order valence-corrected chi connectivity index (χ0v) is 7.00. The average molecular weight is 178 g/mol. The van der Waals surface area contributed by atoms with Gasteiger partial charge in [-0.05, 0) is 23.8 Å². The van der Waals surface area contributed by atoms with E-state index in [0.29, 0.717) is 6.42 Å². The number of hydrogen-bond acceptors (Lipinski definition) is 3. The van der Waals surface area contributed by atoms with Crippen molar-refractivity contribution in [2.75, 3.05) is 17.4 Å². The molecule has 1 amide bonds. The van der Waals surface area contributed by atoms with Crippen molar-refractivity contribution in [3.05, 3.63) is 23.8 Å². The Kier molecular flexibility index (Phi) is 1.90. The first-order chi connectivity index (χ1) is 6.29. The molecule has 0 unspecified atom stereocenters. The number of anilines is 2. The first-order valence-corrected chi connectivity index (χ1v) is 4.07. The quantitative estimate of drug-likeness (QED) is 0.579. The van der Waals surface area contributed by atoms with Gasteiger partial charge in [-0.15, -0.1) is 0 Å². The van der Waals surface area contributed by atoms with Crippen LogP contribution in [0.15, 0.2) is 18.2 Å². The summed E-state index contributed by atoms with van der Waals surface area (Å²) in [6.45, 7) is -0.0971. The molecule has 1 aromatic carbocycles. The summed E-state index contributed by atoms with van der Waals surface area (Å²) in [6.07, 6.45) is 0.427. The molecule has 0 saturated heterocycles. The molecule has 1 aliphatic rings. The van der Waals surface area contributed by atoms with Gasteiger partial charge in [0.05, 0.1) is 6.42 Å². The highest BCUT2D eigenvalue weighted by Gasteiger charge is 2.16. The Morgan fingerprint density at radius 3 is 3.15 bits per heavy atom. The average Bonchev–Trinajstić information content (AvgIpc) is 2.44. The van der Waals surface area contributed by atoms with Crippen molar-refractivity contribution in [1.82, 2.24) is 0 Å². The highest BCUT2D eigenvalue weighted by atomic mass is 16.3. The molecule has 0 bridgehead atoms. The number of hydrogen-bond donors (Lipinski definition) is 3. The van der Waals surface area contributed by atoms with E-state index in [1.807, 2.05) is 18.2 Å². The monoisotopic (exact) mass is 178 g/mol. The fourth-order valence-corrected chi connectivity index (χ4v) is 1.43. The van der Waals surface area contributed by atoms with Gasteiger partial charge in [-0.2, -0.15) is 0 Å². The van der Waals surface area contributed by atoms with Crippen LogP contribution in [0, 0.1) is 0 Å². The van der Waals surface area contributed by atoms with Crippen molar-refractivity contribution in [2.45, 2.75) is 6.42 Å². The summed E-state index contributed by atoms with van der Waals surface area (Å²) in [4.78, 5) is 11.0. The van der Waals surface area contributed by atoms with Crippen LogP contribution in [0.5, 0.6) is 0 Å². The van der Waals surface area contributed by atoms with Crippen LogP contribution in [0.2, 0.25) is 0 Å². The van der Waals surface area contributed by atoms with Gasteiger partial charge in [0.15, 0.2) is 0 Å². The van der Waals surface area contributed by atoms with Crippen molar-refractivity contribution >= 4 is 17.3 Å². The summed E-state index contributed by atoms with van der Waals surface area (Å²) in [5.41, 5.74) is 2.68. The molecule has 0 radical (unpaired) electrons. The Labute approximate surface area is 75.6 Å². The van der Waals surface area contributed by atoms with Crippen LogP contribution in [0.1, 0.15) is 5.56 Å². The molecule has 1 heterocycles. The van der Waals surface area contributed by atoms with Crippen molar-refractivity contribution in [3.63, 3.8) is 0 Å². The molecule has 1 aromatic rings. The fourth-order valence-electron chi connectivity index (χ4n) is 1.43. The molecule has 0 fully saturated rings. The molecule has 0 aromatic heterocycles. The topological polar surface area (TPSA) is 61.4 Å². The molecule has 0 atom stereocenters. The van der Waals surface area contributed by atoms with Gasteiger partial charge in [0.25, 0.3) is 0 Å². The molecular formula is C9H10N2O2. The van der Waals surface area contributed by atoms with Crippen LogP contribution in [0.4, 0.5) is 11.4 Å². The second-order valence-electron chi connectivity index (χ2n) is 2.93. The van der Waals surface area contributed by atoms with Gasteiger partial charge in [0, 0.05) is 11.4 Å². The predicted molar refractivity (Wildman–Crippen MR) is 49.5 cm³/mol. The van der Waals surface area contributed by atoms with Gasteiger partial charge >= 0.3 is 0 Å². The van der Waals surface area contributed by atoms with Crippen molar-refractivity contribution < 1.29 is 9.90 Å². The molecule has 1 aliphatic heterocycles. The van der Waals surface area contributed by atoms with E-state index >= 15 is 0 Å². The third-order valence-corrected chi connectivity index (χ3v) is 2.01. The second kappa shape index (κ2) is 3.06. The minimum absolute atomic E-state index is 0.0242. The number of nitrogens with one attached hydrogen (secondary N) is 2. The molecule has 68 valence electrons. The lowest BCUT2D eigenvalue weighted by Crippen LogP contribution is -2.03. The van der Waals surface area contributed by atoms with E-state index in [1.165, 1.54) is 0 Å². The molecule has 0 aliphatic carbocycles. The summed E-state index contributed by atoms with van der Waals surface area (Å²) in [5.74, 6) is 0.0242. The number of carbonyl (C=O) groups excluding carboxylic acids is 1. The third kappa shape index (κ3) is 1.48. The molecule has 0 spiro atoms. The number of rotatable bonds is 2. The van der Waals surface area contributed by atoms with Gasteiger partial charge in [0.1, 0.15) is 6.73 Å². The smallest absolute Gasteiger partial charge is 0.228 e. The highest BCUT2D eigenvalue weighted by molar-refractivity contribution is 5.99.